The molecule has 6 rings (SSSR count). The first-order valence-electron chi connectivity index (χ1n) is 11.5. The van der Waals surface area contributed by atoms with E-state index in [4.69, 9.17) is 0 Å². The van der Waals surface area contributed by atoms with Gasteiger partial charge in [-0.15, -0.1) is 0 Å². The van der Waals surface area contributed by atoms with Gasteiger partial charge in [0, 0.05) is 40.5 Å². The molecule has 1 atom stereocenters. The number of aryl methyl sites for hydroxylation is 1. The lowest BCUT2D eigenvalue weighted by Crippen LogP contribution is -2.29. The fraction of sp³-hybridized carbons (Fsp3) is 0.280. The summed E-state index contributed by atoms with van der Waals surface area (Å²) in [5.41, 5.74) is 4.17. The van der Waals surface area contributed by atoms with E-state index in [1.54, 1.807) is 10.7 Å². The second-order valence-electron chi connectivity index (χ2n) is 9.23. The summed E-state index contributed by atoms with van der Waals surface area (Å²) in [6.07, 6.45) is 6.40. The minimum atomic E-state index is -0.601. The normalized spacial score (nSPS) is 15.8. The number of pyridine rings is 1. The molecule has 0 spiro atoms. The van der Waals surface area contributed by atoms with Crippen molar-refractivity contribution in [1.29, 1.82) is 0 Å². The van der Waals surface area contributed by atoms with E-state index in [-0.39, 0.29) is 12.0 Å². The molecular formula is C25H22F3N7. The SMILES string of the molecule is CC(C)c1cnn2c(N[C@H]3CCc4[nH]c5c(F)cc(F)cc5c4C3)nc(-c3cncc(F)c3)nc12. The number of nitrogens with zero attached hydrogens (tertiary/aromatic N) is 5. The van der Waals surface area contributed by atoms with Crippen molar-refractivity contribution in [2.24, 2.45) is 0 Å². The second-order valence-corrected chi connectivity index (χ2v) is 9.23. The quantitative estimate of drug-likeness (QED) is 0.373. The summed E-state index contributed by atoms with van der Waals surface area (Å²) in [7, 11) is 0. The molecule has 178 valence electrons. The first-order chi connectivity index (χ1) is 16.9. The molecule has 0 saturated heterocycles. The van der Waals surface area contributed by atoms with E-state index < -0.39 is 17.5 Å². The van der Waals surface area contributed by atoms with Crippen LogP contribution in [0.2, 0.25) is 0 Å². The van der Waals surface area contributed by atoms with Crippen LogP contribution in [-0.4, -0.2) is 35.6 Å². The number of hydrogen-bond acceptors (Lipinski definition) is 5. The van der Waals surface area contributed by atoms with Crippen molar-refractivity contribution >= 4 is 22.5 Å². The van der Waals surface area contributed by atoms with Gasteiger partial charge in [0.05, 0.1) is 17.9 Å². The Hall–Kier alpha value is -3.95. The first-order valence-corrected chi connectivity index (χ1v) is 11.5. The van der Waals surface area contributed by atoms with Crippen LogP contribution in [0, 0.1) is 17.5 Å². The lowest BCUT2D eigenvalue weighted by molar-refractivity contribution is 0.591. The van der Waals surface area contributed by atoms with Gasteiger partial charge in [-0.2, -0.15) is 14.6 Å². The van der Waals surface area contributed by atoms with Gasteiger partial charge in [0.2, 0.25) is 5.95 Å². The number of H-pyrrole nitrogens is 1. The average Bonchev–Trinajstić information content (AvgIpc) is 3.41. The van der Waals surface area contributed by atoms with E-state index in [1.807, 2.05) is 13.8 Å². The molecule has 0 unspecified atom stereocenters. The van der Waals surface area contributed by atoms with Gasteiger partial charge < -0.3 is 10.3 Å². The summed E-state index contributed by atoms with van der Waals surface area (Å²) in [6.45, 7) is 4.10. The molecule has 0 saturated carbocycles. The maximum atomic E-state index is 14.3. The number of aromatic nitrogens is 6. The maximum absolute atomic E-state index is 14.3. The highest BCUT2D eigenvalue weighted by molar-refractivity contribution is 5.85. The number of hydrogen-bond donors (Lipinski definition) is 2. The number of fused-ring (bicyclic) bond motifs is 4. The number of nitrogens with one attached hydrogen (secondary N) is 2. The van der Waals surface area contributed by atoms with Gasteiger partial charge in [0.15, 0.2) is 11.5 Å². The van der Waals surface area contributed by atoms with Crippen LogP contribution < -0.4 is 5.32 Å². The first kappa shape index (κ1) is 21.6. The summed E-state index contributed by atoms with van der Waals surface area (Å²) in [5.74, 6) is -0.703. The van der Waals surface area contributed by atoms with E-state index in [2.05, 4.69) is 30.4 Å². The summed E-state index contributed by atoms with van der Waals surface area (Å²) in [4.78, 5) is 16.4. The fourth-order valence-electron chi connectivity index (χ4n) is 4.81. The summed E-state index contributed by atoms with van der Waals surface area (Å²) in [5, 5.41) is 8.52. The van der Waals surface area contributed by atoms with Crippen LogP contribution in [0.15, 0.2) is 36.8 Å². The highest BCUT2D eigenvalue weighted by Crippen LogP contribution is 2.33. The monoisotopic (exact) mass is 477 g/mol. The van der Waals surface area contributed by atoms with E-state index >= 15 is 0 Å². The largest absolute Gasteiger partial charge is 0.356 e. The third kappa shape index (κ3) is 3.69. The van der Waals surface area contributed by atoms with Crippen molar-refractivity contribution in [3.05, 3.63) is 71.1 Å². The minimum Gasteiger partial charge on any atom is -0.356 e. The lowest BCUT2D eigenvalue weighted by atomic mass is 9.91. The van der Waals surface area contributed by atoms with Gasteiger partial charge in [-0.3, -0.25) is 4.98 Å². The Bertz CT molecular complexity index is 1590. The van der Waals surface area contributed by atoms with E-state index in [0.717, 1.165) is 35.5 Å². The molecule has 0 amide bonds. The molecule has 10 heteroatoms. The van der Waals surface area contributed by atoms with Crippen LogP contribution in [0.5, 0.6) is 0 Å². The average molecular weight is 477 g/mol. The fourth-order valence-corrected chi connectivity index (χ4v) is 4.81. The van der Waals surface area contributed by atoms with Crippen molar-refractivity contribution in [2.45, 2.75) is 45.1 Å². The van der Waals surface area contributed by atoms with E-state index in [9.17, 15) is 13.2 Å². The van der Waals surface area contributed by atoms with Crippen LogP contribution in [0.4, 0.5) is 19.1 Å². The molecule has 1 aromatic carbocycles. The molecular weight excluding hydrogens is 455 g/mol. The Morgan fingerprint density at radius 2 is 1.91 bits per heavy atom. The molecule has 5 aromatic rings. The van der Waals surface area contributed by atoms with Gasteiger partial charge in [0.1, 0.15) is 17.5 Å². The summed E-state index contributed by atoms with van der Waals surface area (Å²) in [6, 6.07) is 3.55. The molecule has 1 aliphatic carbocycles. The Morgan fingerprint density at radius 1 is 1.06 bits per heavy atom. The zero-order chi connectivity index (χ0) is 24.3. The number of benzene rings is 1. The maximum Gasteiger partial charge on any atom is 0.228 e. The number of anilines is 1. The molecule has 0 fully saturated rings. The van der Waals surface area contributed by atoms with Crippen LogP contribution in [-0.2, 0) is 12.8 Å². The number of rotatable bonds is 4. The third-order valence-corrected chi connectivity index (χ3v) is 6.53. The highest BCUT2D eigenvalue weighted by Gasteiger charge is 2.26. The van der Waals surface area contributed by atoms with E-state index in [1.165, 1.54) is 18.3 Å². The predicted molar refractivity (Wildman–Crippen MR) is 126 cm³/mol. The Balaban J connectivity index is 1.41. The van der Waals surface area contributed by atoms with Gasteiger partial charge in [-0.1, -0.05) is 13.8 Å². The zero-order valence-corrected chi connectivity index (χ0v) is 19.1. The molecule has 0 radical (unpaired) electrons. The van der Waals surface area contributed by atoms with Crippen LogP contribution in [0.1, 0.15) is 43.0 Å². The summed E-state index contributed by atoms with van der Waals surface area (Å²) >= 11 is 0. The number of aromatic amines is 1. The van der Waals surface area contributed by atoms with Gasteiger partial charge in [-0.05, 0) is 42.9 Å². The van der Waals surface area contributed by atoms with Crippen LogP contribution in [0.3, 0.4) is 0 Å². The second kappa shape index (κ2) is 8.07. The van der Waals surface area contributed by atoms with Crippen molar-refractivity contribution in [2.75, 3.05) is 5.32 Å². The molecule has 0 aliphatic heterocycles. The van der Waals surface area contributed by atoms with Gasteiger partial charge >= 0.3 is 0 Å². The molecule has 4 heterocycles. The zero-order valence-electron chi connectivity index (χ0n) is 19.1. The standard InChI is InChI=1S/C25H22F3N7/c1-12(2)19-11-30-35-24(19)33-23(13-5-15(27)10-29-9-13)34-25(35)31-16-3-4-21-17(8-16)18-6-14(26)7-20(28)22(18)32-21/h5-7,9-12,16,32H,3-4,8H2,1-2H3,(H,31,33,34)/t16-/m0/s1. The summed E-state index contributed by atoms with van der Waals surface area (Å²) < 4.78 is 43.8. The Kier molecular flexibility index (Phi) is 4.98. The Labute approximate surface area is 198 Å². The van der Waals surface area contributed by atoms with Crippen LogP contribution >= 0.6 is 0 Å². The smallest absolute Gasteiger partial charge is 0.228 e. The van der Waals surface area contributed by atoms with Crippen molar-refractivity contribution in [3.8, 4) is 11.4 Å². The molecule has 0 bridgehead atoms. The lowest BCUT2D eigenvalue weighted by Gasteiger charge is -2.24. The molecule has 35 heavy (non-hydrogen) atoms. The predicted octanol–water partition coefficient (Wildman–Crippen LogP) is 5.18. The highest BCUT2D eigenvalue weighted by atomic mass is 19.1. The molecule has 1 aliphatic rings. The molecule has 2 N–H and O–H groups in total. The van der Waals surface area contributed by atoms with Crippen molar-refractivity contribution in [3.63, 3.8) is 0 Å². The minimum absolute atomic E-state index is 0.0592. The third-order valence-electron chi connectivity index (χ3n) is 6.53. The molecule has 7 nitrogen and oxygen atoms in total. The van der Waals surface area contributed by atoms with Crippen molar-refractivity contribution in [1.82, 2.24) is 29.5 Å². The van der Waals surface area contributed by atoms with Crippen molar-refractivity contribution < 1.29 is 13.2 Å². The Morgan fingerprint density at radius 3 is 2.71 bits per heavy atom. The topological polar surface area (TPSA) is 83.8 Å². The van der Waals surface area contributed by atoms with Gasteiger partial charge in [0.25, 0.3) is 0 Å². The van der Waals surface area contributed by atoms with E-state index in [0.29, 0.717) is 46.7 Å². The molecule has 4 aromatic heterocycles. The van der Waals surface area contributed by atoms with Gasteiger partial charge in [-0.25, -0.2) is 18.2 Å². The number of halogens is 3. The van der Waals surface area contributed by atoms with Crippen LogP contribution in [0.25, 0.3) is 27.9 Å².